The summed E-state index contributed by atoms with van der Waals surface area (Å²) in [6, 6.07) is 5.85. The van der Waals surface area contributed by atoms with Gasteiger partial charge in [-0.25, -0.2) is 9.97 Å². The highest BCUT2D eigenvalue weighted by Gasteiger charge is 2.20. The van der Waals surface area contributed by atoms with Crippen LogP contribution >= 0.6 is 0 Å². The van der Waals surface area contributed by atoms with Crippen LogP contribution in [0.5, 0.6) is 0 Å². The molecular weight excluding hydrogens is 392 g/mol. The first kappa shape index (κ1) is 21.2. The SMILES string of the molecule is CCN1CCN(c2cc(CNC(=O)c3cc(C(C)C)nc4onc(C)c34)ccn2)CC1. The van der Waals surface area contributed by atoms with Crippen molar-refractivity contribution in [3.63, 3.8) is 0 Å². The summed E-state index contributed by atoms with van der Waals surface area (Å²) in [5.74, 6) is 0.985. The second-order valence-corrected chi connectivity index (χ2v) is 8.32. The molecule has 1 amide bonds. The van der Waals surface area contributed by atoms with Crippen molar-refractivity contribution in [3.05, 3.63) is 46.9 Å². The number of hydrogen-bond acceptors (Lipinski definition) is 7. The van der Waals surface area contributed by atoms with E-state index in [9.17, 15) is 4.79 Å². The Bertz CT molecular complexity index is 1070. The van der Waals surface area contributed by atoms with Crippen LogP contribution in [0, 0.1) is 6.92 Å². The quantitative estimate of drug-likeness (QED) is 0.653. The summed E-state index contributed by atoms with van der Waals surface area (Å²) >= 11 is 0. The Morgan fingerprint density at radius 3 is 2.71 bits per heavy atom. The van der Waals surface area contributed by atoms with E-state index in [1.54, 1.807) is 0 Å². The molecule has 1 aliphatic heterocycles. The summed E-state index contributed by atoms with van der Waals surface area (Å²) in [5, 5.41) is 7.72. The second kappa shape index (κ2) is 9.01. The van der Waals surface area contributed by atoms with E-state index in [4.69, 9.17) is 4.52 Å². The summed E-state index contributed by atoms with van der Waals surface area (Å²) in [4.78, 5) is 26.9. The van der Waals surface area contributed by atoms with Crippen LogP contribution in [0.15, 0.2) is 28.9 Å². The molecule has 8 heteroatoms. The van der Waals surface area contributed by atoms with Crippen molar-refractivity contribution in [3.8, 4) is 0 Å². The molecular formula is C23H30N6O2. The lowest BCUT2D eigenvalue weighted by Crippen LogP contribution is -2.46. The Hall–Kier alpha value is -3.00. The predicted octanol–water partition coefficient (Wildman–Crippen LogP) is 3.12. The van der Waals surface area contributed by atoms with Gasteiger partial charge in [-0.2, -0.15) is 0 Å². The smallest absolute Gasteiger partial charge is 0.259 e. The van der Waals surface area contributed by atoms with E-state index in [-0.39, 0.29) is 11.8 Å². The van der Waals surface area contributed by atoms with Crippen LogP contribution in [-0.4, -0.2) is 58.7 Å². The van der Waals surface area contributed by atoms with Crippen molar-refractivity contribution in [1.82, 2.24) is 25.3 Å². The first-order chi connectivity index (χ1) is 15.0. The summed E-state index contributed by atoms with van der Waals surface area (Å²) in [5.41, 5.74) is 3.46. The number of nitrogens with one attached hydrogen (secondary N) is 1. The van der Waals surface area contributed by atoms with Gasteiger partial charge < -0.3 is 19.6 Å². The van der Waals surface area contributed by atoms with E-state index in [0.29, 0.717) is 28.9 Å². The maximum Gasteiger partial charge on any atom is 0.259 e. The fraction of sp³-hybridized carbons (Fsp3) is 0.478. The van der Waals surface area contributed by atoms with Crippen LogP contribution in [-0.2, 0) is 6.54 Å². The zero-order chi connectivity index (χ0) is 22.0. The minimum atomic E-state index is -0.157. The van der Waals surface area contributed by atoms with Gasteiger partial charge in [0.15, 0.2) is 0 Å². The van der Waals surface area contributed by atoms with Gasteiger partial charge in [-0.3, -0.25) is 4.79 Å². The van der Waals surface area contributed by atoms with Gasteiger partial charge in [-0.15, -0.1) is 0 Å². The lowest BCUT2D eigenvalue weighted by atomic mass is 10.0. The molecule has 0 saturated carbocycles. The fourth-order valence-corrected chi connectivity index (χ4v) is 3.90. The molecule has 0 atom stereocenters. The third-order valence-electron chi connectivity index (χ3n) is 5.88. The summed E-state index contributed by atoms with van der Waals surface area (Å²) in [6.45, 7) is 13.6. The van der Waals surface area contributed by atoms with Gasteiger partial charge in [0.1, 0.15) is 5.82 Å². The molecule has 164 valence electrons. The van der Waals surface area contributed by atoms with Crippen molar-refractivity contribution in [2.45, 2.75) is 40.2 Å². The number of pyridine rings is 2. The zero-order valence-electron chi connectivity index (χ0n) is 18.7. The first-order valence-corrected chi connectivity index (χ1v) is 10.9. The van der Waals surface area contributed by atoms with Crippen molar-refractivity contribution in [2.24, 2.45) is 0 Å². The van der Waals surface area contributed by atoms with Crippen molar-refractivity contribution in [1.29, 1.82) is 0 Å². The van der Waals surface area contributed by atoms with E-state index >= 15 is 0 Å². The number of likely N-dealkylation sites (N-methyl/N-ethyl adjacent to an activating group) is 1. The molecule has 1 fully saturated rings. The molecule has 1 saturated heterocycles. The Morgan fingerprint density at radius 2 is 2.00 bits per heavy atom. The number of amides is 1. The number of aromatic nitrogens is 3. The molecule has 0 aliphatic carbocycles. The molecule has 3 aromatic rings. The third-order valence-corrected chi connectivity index (χ3v) is 5.88. The molecule has 0 radical (unpaired) electrons. The van der Waals surface area contributed by atoms with E-state index in [2.05, 4.69) is 43.2 Å². The summed E-state index contributed by atoms with van der Waals surface area (Å²) in [7, 11) is 0. The first-order valence-electron chi connectivity index (χ1n) is 10.9. The number of aryl methyl sites for hydroxylation is 1. The predicted molar refractivity (Wildman–Crippen MR) is 120 cm³/mol. The maximum absolute atomic E-state index is 13.1. The minimum absolute atomic E-state index is 0.157. The van der Waals surface area contributed by atoms with Gasteiger partial charge in [-0.05, 0) is 43.1 Å². The highest BCUT2D eigenvalue weighted by molar-refractivity contribution is 6.06. The molecule has 0 spiro atoms. The number of anilines is 1. The number of fused-ring (bicyclic) bond motifs is 1. The van der Waals surface area contributed by atoms with Gasteiger partial charge in [0.2, 0.25) is 0 Å². The molecule has 1 N–H and O–H groups in total. The highest BCUT2D eigenvalue weighted by atomic mass is 16.5. The second-order valence-electron chi connectivity index (χ2n) is 8.32. The number of hydrogen-bond donors (Lipinski definition) is 1. The average Bonchev–Trinajstić information content (AvgIpc) is 3.18. The largest absolute Gasteiger partial charge is 0.354 e. The van der Waals surface area contributed by atoms with Gasteiger partial charge in [0.05, 0.1) is 16.6 Å². The van der Waals surface area contributed by atoms with Crippen molar-refractivity contribution in [2.75, 3.05) is 37.6 Å². The number of nitrogens with zero attached hydrogens (tertiary/aromatic N) is 5. The molecule has 31 heavy (non-hydrogen) atoms. The van der Waals surface area contributed by atoms with Gasteiger partial charge in [-0.1, -0.05) is 25.9 Å². The van der Waals surface area contributed by atoms with E-state index in [0.717, 1.165) is 49.8 Å². The maximum atomic E-state index is 13.1. The van der Waals surface area contributed by atoms with E-state index < -0.39 is 0 Å². The monoisotopic (exact) mass is 422 g/mol. The third kappa shape index (κ3) is 4.54. The molecule has 4 rings (SSSR count). The van der Waals surface area contributed by atoms with Crippen LogP contribution in [0.1, 0.15) is 54.0 Å². The zero-order valence-corrected chi connectivity index (χ0v) is 18.7. The summed E-state index contributed by atoms with van der Waals surface area (Å²) in [6.07, 6.45) is 1.81. The average molecular weight is 423 g/mol. The topological polar surface area (TPSA) is 87.4 Å². The number of carbonyl (C=O) groups excluding carboxylic acids is 1. The minimum Gasteiger partial charge on any atom is -0.354 e. The van der Waals surface area contributed by atoms with Crippen molar-refractivity contribution >= 4 is 22.8 Å². The molecule has 0 unspecified atom stereocenters. The Morgan fingerprint density at radius 1 is 1.23 bits per heavy atom. The van der Waals surface area contributed by atoms with Gasteiger partial charge in [0, 0.05) is 44.6 Å². The number of rotatable bonds is 6. The lowest BCUT2D eigenvalue weighted by molar-refractivity contribution is 0.0952. The number of piperazine rings is 1. The van der Waals surface area contributed by atoms with Crippen molar-refractivity contribution < 1.29 is 9.32 Å². The van der Waals surface area contributed by atoms with Crippen LogP contribution in [0.2, 0.25) is 0 Å². The molecule has 1 aliphatic rings. The highest BCUT2D eigenvalue weighted by Crippen LogP contribution is 2.25. The lowest BCUT2D eigenvalue weighted by Gasteiger charge is -2.34. The molecule has 3 aromatic heterocycles. The molecule has 8 nitrogen and oxygen atoms in total. The van der Waals surface area contributed by atoms with E-state index in [1.807, 2.05) is 39.1 Å². The normalized spacial score (nSPS) is 15.1. The van der Waals surface area contributed by atoms with Crippen LogP contribution in [0.25, 0.3) is 11.1 Å². The molecule has 0 aromatic carbocycles. The van der Waals surface area contributed by atoms with Crippen LogP contribution in [0.4, 0.5) is 5.82 Å². The Balaban J connectivity index is 1.49. The van der Waals surface area contributed by atoms with Gasteiger partial charge >= 0.3 is 0 Å². The van der Waals surface area contributed by atoms with Gasteiger partial charge in [0.25, 0.3) is 11.6 Å². The Kier molecular flexibility index (Phi) is 6.18. The number of carbonyl (C=O) groups is 1. The summed E-state index contributed by atoms with van der Waals surface area (Å²) < 4.78 is 5.33. The van der Waals surface area contributed by atoms with Crippen LogP contribution in [0.3, 0.4) is 0 Å². The van der Waals surface area contributed by atoms with Crippen LogP contribution < -0.4 is 10.2 Å². The Labute approximate surface area is 182 Å². The molecule has 0 bridgehead atoms. The fourth-order valence-electron chi connectivity index (χ4n) is 3.90. The van der Waals surface area contributed by atoms with E-state index in [1.165, 1.54) is 0 Å². The molecule has 4 heterocycles. The standard InChI is InChI=1S/C23H30N6O2/c1-5-28-8-10-29(11-9-28)20-12-17(6-7-24-20)14-25-22(30)18-13-19(15(2)3)26-23-21(18)16(4)27-31-23/h6-7,12-13,15H,5,8-11,14H2,1-4H3,(H,25,30).